The van der Waals surface area contributed by atoms with Crippen molar-refractivity contribution in [3.8, 4) is 22.5 Å². The van der Waals surface area contributed by atoms with Gasteiger partial charge in [-0.25, -0.2) is 0 Å². The summed E-state index contributed by atoms with van der Waals surface area (Å²) >= 11 is 0. The van der Waals surface area contributed by atoms with Crippen LogP contribution < -0.4 is 0 Å². The van der Waals surface area contributed by atoms with Gasteiger partial charge in [0.25, 0.3) is 0 Å². The molecule has 1 aliphatic carbocycles. The standard InChI is InChI=1S/C24H26N2O2/c1-13-14(2)16(4)21-19(15(13)3)12-20-22(25-26(5)23(20)21)17-6-8-18(9-7-17)24-27-10-11-28-24/h6-9,24H,10-12H2,1-5H3. The molecular formula is C24H26N2O2. The van der Waals surface area contributed by atoms with E-state index in [4.69, 9.17) is 14.6 Å². The van der Waals surface area contributed by atoms with Gasteiger partial charge in [0.1, 0.15) is 0 Å². The number of fused-ring (bicyclic) bond motifs is 3. The zero-order chi connectivity index (χ0) is 19.6. The van der Waals surface area contributed by atoms with Gasteiger partial charge in [0.05, 0.1) is 24.6 Å². The first kappa shape index (κ1) is 17.7. The molecule has 5 rings (SSSR count). The van der Waals surface area contributed by atoms with Gasteiger partial charge in [-0.3, -0.25) is 4.68 Å². The van der Waals surface area contributed by atoms with Crippen LogP contribution in [0.1, 0.15) is 45.2 Å². The van der Waals surface area contributed by atoms with Crippen LogP contribution in [0.5, 0.6) is 0 Å². The van der Waals surface area contributed by atoms with Crippen LogP contribution >= 0.6 is 0 Å². The van der Waals surface area contributed by atoms with E-state index in [0.717, 1.165) is 23.2 Å². The third-order valence-corrected chi connectivity index (χ3v) is 6.63. The Kier molecular flexibility index (Phi) is 3.97. The van der Waals surface area contributed by atoms with Crippen molar-refractivity contribution in [2.75, 3.05) is 13.2 Å². The first-order valence-corrected chi connectivity index (χ1v) is 9.96. The largest absolute Gasteiger partial charge is 0.346 e. The van der Waals surface area contributed by atoms with E-state index in [-0.39, 0.29) is 6.29 Å². The minimum atomic E-state index is -0.232. The summed E-state index contributed by atoms with van der Waals surface area (Å²) in [5.74, 6) is 0. The molecule has 1 aliphatic heterocycles. The second-order valence-corrected chi connectivity index (χ2v) is 8.03. The van der Waals surface area contributed by atoms with Gasteiger partial charge < -0.3 is 9.47 Å². The van der Waals surface area contributed by atoms with Gasteiger partial charge in [-0.2, -0.15) is 5.10 Å². The average molecular weight is 374 g/mol. The van der Waals surface area contributed by atoms with Crippen molar-refractivity contribution in [2.24, 2.45) is 7.05 Å². The Morgan fingerprint density at radius 1 is 0.857 bits per heavy atom. The van der Waals surface area contributed by atoms with Crippen LogP contribution in [-0.2, 0) is 22.9 Å². The Morgan fingerprint density at radius 3 is 2.18 bits per heavy atom. The highest BCUT2D eigenvalue weighted by Crippen LogP contribution is 2.46. The minimum absolute atomic E-state index is 0.232. The van der Waals surface area contributed by atoms with Gasteiger partial charge >= 0.3 is 0 Å². The number of hydrogen-bond acceptors (Lipinski definition) is 3. The minimum Gasteiger partial charge on any atom is -0.346 e. The summed E-state index contributed by atoms with van der Waals surface area (Å²) in [4.78, 5) is 0. The molecule has 0 N–H and O–H groups in total. The molecule has 1 saturated heterocycles. The fourth-order valence-corrected chi connectivity index (χ4v) is 4.74. The zero-order valence-electron chi connectivity index (χ0n) is 17.2. The van der Waals surface area contributed by atoms with Gasteiger partial charge in [0.2, 0.25) is 0 Å². The van der Waals surface area contributed by atoms with Crippen LogP contribution in [-0.4, -0.2) is 23.0 Å². The molecule has 28 heavy (non-hydrogen) atoms. The molecule has 2 aliphatic rings. The summed E-state index contributed by atoms with van der Waals surface area (Å²) in [5.41, 5.74) is 14.4. The Morgan fingerprint density at radius 2 is 1.50 bits per heavy atom. The SMILES string of the molecule is Cc1c(C)c(C)c2c(c1C)Cc1c(-c3ccc(C4OCCO4)cc3)nn(C)c1-2. The summed E-state index contributed by atoms with van der Waals surface area (Å²) in [7, 11) is 2.07. The number of ether oxygens (including phenoxy) is 2. The summed E-state index contributed by atoms with van der Waals surface area (Å²) < 4.78 is 13.3. The van der Waals surface area contributed by atoms with Crippen molar-refractivity contribution in [3.05, 3.63) is 63.2 Å². The van der Waals surface area contributed by atoms with Crippen molar-refractivity contribution < 1.29 is 9.47 Å². The molecule has 4 nitrogen and oxygen atoms in total. The Labute approximate surface area is 166 Å². The number of rotatable bonds is 2. The van der Waals surface area contributed by atoms with E-state index in [2.05, 4.69) is 63.7 Å². The van der Waals surface area contributed by atoms with Crippen LogP contribution in [0.15, 0.2) is 24.3 Å². The fraction of sp³-hybridized carbons (Fsp3) is 0.375. The molecule has 1 fully saturated rings. The second-order valence-electron chi connectivity index (χ2n) is 8.03. The number of aromatic nitrogens is 2. The van der Waals surface area contributed by atoms with E-state index >= 15 is 0 Å². The molecule has 3 aromatic rings. The maximum atomic E-state index is 5.61. The zero-order valence-corrected chi connectivity index (χ0v) is 17.2. The molecule has 0 radical (unpaired) electrons. The second kappa shape index (κ2) is 6.29. The average Bonchev–Trinajstić information content (AvgIpc) is 3.42. The van der Waals surface area contributed by atoms with Crippen LogP contribution in [0.3, 0.4) is 0 Å². The molecule has 4 heteroatoms. The van der Waals surface area contributed by atoms with E-state index < -0.39 is 0 Å². The first-order valence-electron chi connectivity index (χ1n) is 9.96. The van der Waals surface area contributed by atoms with Gasteiger partial charge in [-0.05, 0) is 55.5 Å². The molecular weight excluding hydrogens is 348 g/mol. The van der Waals surface area contributed by atoms with Gasteiger partial charge in [-0.1, -0.05) is 24.3 Å². The lowest BCUT2D eigenvalue weighted by Crippen LogP contribution is -2.02. The normalized spacial score (nSPS) is 15.9. The highest BCUT2D eigenvalue weighted by molar-refractivity contribution is 5.85. The predicted molar refractivity (Wildman–Crippen MR) is 110 cm³/mol. The molecule has 0 spiro atoms. The maximum Gasteiger partial charge on any atom is 0.184 e. The lowest BCUT2D eigenvalue weighted by Gasteiger charge is -2.16. The fourth-order valence-electron chi connectivity index (χ4n) is 4.74. The molecule has 2 heterocycles. The number of nitrogens with zero attached hydrogens (tertiary/aromatic N) is 2. The quantitative estimate of drug-likeness (QED) is 0.499. The number of benzene rings is 2. The third-order valence-electron chi connectivity index (χ3n) is 6.63. The van der Waals surface area contributed by atoms with E-state index in [9.17, 15) is 0 Å². The van der Waals surface area contributed by atoms with Gasteiger partial charge in [-0.15, -0.1) is 0 Å². The van der Waals surface area contributed by atoms with E-state index in [1.165, 1.54) is 44.6 Å². The summed E-state index contributed by atoms with van der Waals surface area (Å²) in [5, 5.41) is 4.91. The van der Waals surface area contributed by atoms with Crippen molar-refractivity contribution >= 4 is 0 Å². The van der Waals surface area contributed by atoms with Gasteiger partial charge in [0.15, 0.2) is 6.29 Å². The Balaban J connectivity index is 1.60. The lowest BCUT2D eigenvalue weighted by atomic mass is 9.90. The first-order chi connectivity index (χ1) is 13.5. The van der Waals surface area contributed by atoms with Crippen molar-refractivity contribution in [1.82, 2.24) is 9.78 Å². The third kappa shape index (κ3) is 2.41. The van der Waals surface area contributed by atoms with Crippen molar-refractivity contribution in [2.45, 2.75) is 40.4 Å². The monoisotopic (exact) mass is 374 g/mol. The van der Waals surface area contributed by atoms with E-state index in [1.807, 2.05) is 0 Å². The number of hydrogen-bond donors (Lipinski definition) is 0. The molecule has 0 amide bonds. The molecule has 0 saturated carbocycles. The van der Waals surface area contributed by atoms with Crippen LogP contribution in [0, 0.1) is 27.7 Å². The van der Waals surface area contributed by atoms with Gasteiger partial charge in [0, 0.05) is 35.7 Å². The highest BCUT2D eigenvalue weighted by Gasteiger charge is 2.31. The molecule has 0 bridgehead atoms. The Bertz CT molecular complexity index is 1090. The van der Waals surface area contributed by atoms with Crippen LogP contribution in [0.4, 0.5) is 0 Å². The Hall–Kier alpha value is -2.43. The van der Waals surface area contributed by atoms with Crippen LogP contribution in [0.2, 0.25) is 0 Å². The van der Waals surface area contributed by atoms with E-state index in [1.54, 1.807) is 0 Å². The van der Waals surface area contributed by atoms with Crippen LogP contribution in [0.25, 0.3) is 22.5 Å². The summed E-state index contributed by atoms with van der Waals surface area (Å²) in [6.45, 7) is 10.3. The number of aryl methyl sites for hydroxylation is 1. The summed E-state index contributed by atoms with van der Waals surface area (Å²) in [6, 6.07) is 8.48. The molecule has 0 unspecified atom stereocenters. The smallest absolute Gasteiger partial charge is 0.184 e. The van der Waals surface area contributed by atoms with E-state index in [0.29, 0.717) is 13.2 Å². The molecule has 2 aromatic carbocycles. The van der Waals surface area contributed by atoms with Crippen molar-refractivity contribution in [3.63, 3.8) is 0 Å². The maximum absolute atomic E-state index is 5.61. The lowest BCUT2D eigenvalue weighted by molar-refractivity contribution is -0.0441. The summed E-state index contributed by atoms with van der Waals surface area (Å²) in [6.07, 6.45) is 0.724. The molecule has 1 aromatic heterocycles. The highest BCUT2D eigenvalue weighted by atomic mass is 16.7. The molecule has 144 valence electrons. The van der Waals surface area contributed by atoms with Crippen molar-refractivity contribution in [1.29, 1.82) is 0 Å². The topological polar surface area (TPSA) is 36.3 Å². The predicted octanol–water partition coefficient (Wildman–Crippen LogP) is 4.94. The molecule has 0 atom stereocenters.